The number of carbonyl (C=O) groups is 2. The number of hydrogen-bond acceptors (Lipinski definition) is 4. The SMILES string of the molecule is Cc1cc(C(=O)N[C@H](CC(C)C)C(=O)O)cc(C)c1[N+](=O)[O-]. The number of hydrogen-bond donors (Lipinski definition) is 2. The van der Waals surface area contributed by atoms with Crippen molar-refractivity contribution in [3.05, 3.63) is 38.9 Å². The minimum atomic E-state index is -1.10. The monoisotopic (exact) mass is 308 g/mol. The van der Waals surface area contributed by atoms with Gasteiger partial charge in [-0.2, -0.15) is 0 Å². The number of nitrogens with one attached hydrogen (secondary N) is 1. The molecule has 7 heteroatoms. The number of carbonyl (C=O) groups excluding carboxylic acids is 1. The van der Waals surface area contributed by atoms with Gasteiger partial charge in [-0.05, 0) is 38.3 Å². The van der Waals surface area contributed by atoms with Crippen LogP contribution in [0.1, 0.15) is 41.8 Å². The Labute approximate surface area is 128 Å². The van der Waals surface area contributed by atoms with Crippen molar-refractivity contribution in [2.45, 2.75) is 40.2 Å². The second kappa shape index (κ2) is 7.02. The predicted octanol–water partition coefficient (Wildman–Crippen LogP) is 2.44. The molecule has 0 heterocycles. The zero-order valence-corrected chi connectivity index (χ0v) is 13.0. The zero-order chi connectivity index (χ0) is 17.0. The number of rotatable bonds is 6. The molecule has 1 amide bonds. The molecule has 0 saturated carbocycles. The molecule has 0 aliphatic heterocycles. The van der Waals surface area contributed by atoms with Gasteiger partial charge in [0.05, 0.1) is 4.92 Å². The minimum absolute atomic E-state index is 0.0338. The van der Waals surface area contributed by atoms with E-state index < -0.39 is 22.8 Å². The van der Waals surface area contributed by atoms with Gasteiger partial charge in [-0.25, -0.2) is 4.79 Å². The maximum atomic E-state index is 12.2. The van der Waals surface area contributed by atoms with Crippen LogP contribution in [0.25, 0.3) is 0 Å². The number of nitro benzene ring substituents is 1. The average molecular weight is 308 g/mol. The predicted molar refractivity (Wildman–Crippen MR) is 80.9 cm³/mol. The number of nitro groups is 1. The molecule has 0 aromatic heterocycles. The zero-order valence-electron chi connectivity index (χ0n) is 13.0. The van der Waals surface area contributed by atoms with Crippen molar-refractivity contribution in [1.29, 1.82) is 0 Å². The molecule has 0 radical (unpaired) electrons. The number of amides is 1. The molecule has 1 aromatic carbocycles. The Balaban J connectivity index is 3.03. The van der Waals surface area contributed by atoms with E-state index in [9.17, 15) is 19.7 Å². The lowest BCUT2D eigenvalue weighted by atomic mass is 10.0. The van der Waals surface area contributed by atoms with Gasteiger partial charge >= 0.3 is 5.97 Å². The number of nitrogens with zero attached hydrogens (tertiary/aromatic N) is 1. The summed E-state index contributed by atoms with van der Waals surface area (Å²) in [5.74, 6) is -1.53. The van der Waals surface area contributed by atoms with E-state index >= 15 is 0 Å². The molecule has 1 atom stereocenters. The molecule has 2 N–H and O–H groups in total. The standard InChI is InChI=1S/C15H20N2O5/c1-8(2)5-12(15(19)20)16-14(18)11-6-9(3)13(17(21)22)10(4)7-11/h6-8,12H,5H2,1-4H3,(H,16,18)(H,19,20)/t12-/m1/s1. The summed E-state index contributed by atoms with van der Waals surface area (Å²) in [6.07, 6.45) is 0.312. The molecule has 120 valence electrons. The van der Waals surface area contributed by atoms with Crippen LogP contribution in [-0.4, -0.2) is 27.9 Å². The van der Waals surface area contributed by atoms with Crippen LogP contribution in [-0.2, 0) is 4.79 Å². The van der Waals surface area contributed by atoms with E-state index in [2.05, 4.69) is 5.32 Å². The third-order valence-electron chi connectivity index (χ3n) is 3.25. The molecule has 0 aliphatic carbocycles. The first-order valence-corrected chi connectivity index (χ1v) is 6.92. The fourth-order valence-corrected chi connectivity index (χ4v) is 2.31. The normalized spacial score (nSPS) is 12.0. The smallest absolute Gasteiger partial charge is 0.326 e. The molecule has 0 aliphatic rings. The van der Waals surface area contributed by atoms with Gasteiger partial charge in [-0.1, -0.05) is 13.8 Å². The highest BCUT2D eigenvalue weighted by Crippen LogP contribution is 2.24. The van der Waals surface area contributed by atoms with Crippen molar-refractivity contribution in [2.75, 3.05) is 0 Å². The van der Waals surface area contributed by atoms with Gasteiger partial charge in [0, 0.05) is 16.7 Å². The van der Waals surface area contributed by atoms with Crippen LogP contribution in [0.5, 0.6) is 0 Å². The molecule has 7 nitrogen and oxygen atoms in total. The van der Waals surface area contributed by atoms with E-state index in [0.717, 1.165) is 0 Å². The number of aryl methyl sites for hydroxylation is 2. The highest BCUT2D eigenvalue weighted by molar-refractivity contribution is 5.97. The van der Waals surface area contributed by atoms with Crippen LogP contribution in [0, 0.1) is 29.9 Å². The van der Waals surface area contributed by atoms with Crippen molar-refractivity contribution in [2.24, 2.45) is 5.92 Å². The summed E-state index contributed by atoms with van der Waals surface area (Å²) in [5.41, 5.74) is 0.917. The van der Waals surface area contributed by atoms with E-state index in [1.165, 1.54) is 12.1 Å². The number of carboxylic acids is 1. The summed E-state index contributed by atoms with van der Waals surface area (Å²) in [7, 11) is 0. The summed E-state index contributed by atoms with van der Waals surface area (Å²) in [4.78, 5) is 33.8. The highest BCUT2D eigenvalue weighted by atomic mass is 16.6. The van der Waals surface area contributed by atoms with Gasteiger partial charge in [0.25, 0.3) is 11.6 Å². The molecule has 1 aromatic rings. The summed E-state index contributed by atoms with van der Waals surface area (Å²) in [6, 6.07) is 1.81. The quantitative estimate of drug-likeness (QED) is 0.619. The van der Waals surface area contributed by atoms with Crippen LogP contribution >= 0.6 is 0 Å². The number of benzene rings is 1. The van der Waals surface area contributed by atoms with Gasteiger partial charge < -0.3 is 10.4 Å². The molecule has 0 saturated heterocycles. The molecule has 1 rings (SSSR count). The lowest BCUT2D eigenvalue weighted by Gasteiger charge is -2.17. The van der Waals surface area contributed by atoms with E-state index in [4.69, 9.17) is 5.11 Å². The average Bonchev–Trinajstić information content (AvgIpc) is 2.35. The summed E-state index contributed by atoms with van der Waals surface area (Å²) < 4.78 is 0. The molecule has 0 unspecified atom stereocenters. The second-order valence-electron chi connectivity index (χ2n) is 5.71. The Morgan fingerprint density at radius 1 is 1.27 bits per heavy atom. The number of aliphatic carboxylic acids is 1. The fourth-order valence-electron chi connectivity index (χ4n) is 2.31. The Morgan fingerprint density at radius 2 is 1.77 bits per heavy atom. The van der Waals surface area contributed by atoms with E-state index in [1.54, 1.807) is 13.8 Å². The lowest BCUT2D eigenvalue weighted by molar-refractivity contribution is -0.386. The van der Waals surface area contributed by atoms with Crippen molar-refractivity contribution in [3.8, 4) is 0 Å². The minimum Gasteiger partial charge on any atom is -0.480 e. The Morgan fingerprint density at radius 3 is 2.14 bits per heavy atom. The first-order chi connectivity index (χ1) is 10.1. The van der Waals surface area contributed by atoms with Crippen LogP contribution in [0.15, 0.2) is 12.1 Å². The van der Waals surface area contributed by atoms with Crippen molar-refractivity contribution in [3.63, 3.8) is 0 Å². The number of carboxylic acid groups (broad SMARTS) is 1. The Kier molecular flexibility index (Phi) is 5.62. The second-order valence-corrected chi connectivity index (χ2v) is 5.71. The Bertz CT molecular complexity index is 587. The highest BCUT2D eigenvalue weighted by Gasteiger charge is 2.23. The fraction of sp³-hybridized carbons (Fsp3) is 0.467. The molecule has 0 bridgehead atoms. The molecular weight excluding hydrogens is 288 g/mol. The van der Waals surface area contributed by atoms with E-state index in [0.29, 0.717) is 17.5 Å². The summed E-state index contributed by atoms with van der Waals surface area (Å²) in [5, 5.41) is 22.5. The third kappa shape index (κ3) is 4.28. The van der Waals surface area contributed by atoms with Crippen LogP contribution in [0.4, 0.5) is 5.69 Å². The topological polar surface area (TPSA) is 110 Å². The maximum absolute atomic E-state index is 12.2. The summed E-state index contributed by atoms with van der Waals surface area (Å²) in [6.45, 7) is 6.82. The van der Waals surface area contributed by atoms with Crippen LogP contribution in [0.3, 0.4) is 0 Å². The maximum Gasteiger partial charge on any atom is 0.326 e. The van der Waals surface area contributed by atoms with Gasteiger partial charge in [0.1, 0.15) is 6.04 Å². The van der Waals surface area contributed by atoms with Crippen molar-refractivity contribution >= 4 is 17.6 Å². The Hall–Kier alpha value is -2.44. The van der Waals surface area contributed by atoms with E-state index in [1.807, 2.05) is 13.8 Å². The molecular formula is C15H20N2O5. The first kappa shape index (κ1) is 17.6. The van der Waals surface area contributed by atoms with Gasteiger partial charge in [0.2, 0.25) is 0 Å². The molecule has 22 heavy (non-hydrogen) atoms. The van der Waals surface area contributed by atoms with Crippen molar-refractivity contribution < 1.29 is 19.6 Å². The lowest BCUT2D eigenvalue weighted by Crippen LogP contribution is -2.41. The summed E-state index contributed by atoms with van der Waals surface area (Å²) >= 11 is 0. The van der Waals surface area contributed by atoms with Gasteiger partial charge in [-0.15, -0.1) is 0 Å². The molecule has 0 spiro atoms. The largest absolute Gasteiger partial charge is 0.480 e. The van der Waals surface area contributed by atoms with E-state index in [-0.39, 0.29) is 17.2 Å². The van der Waals surface area contributed by atoms with Gasteiger partial charge in [-0.3, -0.25) is 14.9 Å². The van der Waals surface area contributed by atoms with Gasteiger partial charge in [0.15, 0.2) is 0 Å². The third-order valence-corrected chi connectivity index (χ3v) is 3.25. The van der Waals surface area contributed by atoms with Crippen LogP contribution in [0.2, 0.25) is 0 Å². The molecule has 0 fully saturated rings. The first-order valence-electron chi connectivity index (χ1n) is 6.92. The van der Waals surface area contributed by atoms with Crippen LogP contribution < -0.4 is 5.32 Å². The van der Waals surface area contributed by atoms with Crippen molar-refractivity contribution in [1.82, 2.24) is 5.32 Å².